The molecular weight excluding hydrogens is 238 g/mol. The summed E-state index contributed by atoms with van der Waals surface area (Å²) in [6.45, 7) is 1.87. The van der Waals surface area contributed by atoms with Gasteiger partial charge >= 0.3 is 0 Å². The van der Waals surface area contributed by atoms with Crippen molar-refractivity contribution in [1.29, 1.82) is 0 Å². The van der Waals surface area contributed by atoms with Crippen LogP contribution in [-0.2, 0) is 0 Å². The predicted octanol–water partition coefficient (Wildman–Crippen LogP) is 2.66. The second kappa shape index (κ2) is 6.06. The molecule has 1 radical (unpaired) electrons. The molecule has 1 fully saturated rings. The van der Waals surface area contributed by atoms with Crippen LogP contribution >= 0.6 is 0 Å². The molecule has 3 heterocycles. The summed E-state index contributed by atoms with van der Waals surface area (Å²) in [7, 11) is 0. The molecular formula is C15H20N3O. The van der Waals surface area contributed by atoms with Crippen LogP contribution in [0, 0.1) is 6.07 Å². The lowest BCUT2D eigenvalue weighted by Gasteiger charge is -2.15. The van der Waals surface area contributed by atoms with Crippen molar-refractivity contribution in [2.24, 2.45) is 0 Å². The highest BCUT2D eigenvalue weighted by Crippen LogP contribution is 2.15. The van der Waals surface area contributed by atoms with E-state index in [2.05, 4.69) is 21.4 Å². The Kier molecular flexibility index (Phi) is 3.98. The second-order valence-electron chi connectivity index (χ2n) is 5.12. The van der Waals surface area contributed by atoms with Crippen LogP contribution in [0.15, 0.2) is 18.3 Å². The fourth-order valence-electron chi connectivity index (χ4n) is 2.58. The lowest BCUT2D eigenvalue weighted by molar-refractivity contribution is 0.275. The van der Waals surface area contributed by atoms with Crippen LogP contribution < -0.4 is 10.1 Å². The molecule has 0 aliphatic carbocycles. The first-order valence-corrected chi connectivity index (χ1v) is 7.14. The molecule has 2 aromatic heterocycles. The number of H-pyrrole nitrogens is 1. The normalized spacial score (nSPS) is 20.3. The molecule has 2 aromatic rings. The molecule has 0 saturated carbocycles. The number of aromatic nitrogens is 2. The standard InChI is InChI=1S/C15H20N3O/c1-2-4-13(16-9-3-1)8-11-19-14-6-5-12-7-10-17-15(12)18-14/h5-6,10,13,16H,1-4,8-9,11H2,(H,17,18). The molecule has 0 aromatic carbocycles. The van der Waals surface area contributed by atoms with Gasteiger partial charge in [0.05, 0.1) is 6.61 Å². The topological polar surface area (TPSA) is 49.9 Å². The minimum absolute atomic E-state index is 0.602. The van der Waals surface area contributed by atoms with Gasteiger partial charge in [-0.2, -0.15) is 4.98 Å². The van der Waals surface area contributed by atoms with E-state index in [1.54, 1.807) is 6.20 Å². The molecule has 1 aliphatic rings. The van der Waals surface area contributed by atoms with Crippen molar-refractivity contribution < 1.29 is 4.74 Å². The number of aromatic amines is 1. The van der Waals surface area contributed by atoms with Gasteiger partial charge in [0, 0.05) is 29.8 Å². The number of ether oxygens (including phenoxy) is 1. The van der Waals surface area contributed by atoms with Crippen molar-refractivity contribution >= 4 is 11.0 Å². The summed E-state index contributed by atoms with van der Waals surface area (Å²) in [5.41, 5.74) is 0.838. The van der Waals surface area contributed by atoms with Gasteiger partial charge in [-0.15, -0.1) is 0 Å². The number of rotatable bonds is 4. The minimum Gasteiger partial charge on any atom is -0.478 e. The zero-order chi connectivity index (χ0) is 12.9. The summed E-state index contributed by atoms with van der Waals surface area (Å²) < 4.78 is 5.74. The van der Waals surface area contributed by atoms with Crippen LogP contribution in [0.5, 0.6) is 5.88 Å². The molecule has 3 rings (SSSR count). The zero-order valence-corrected chi connectivity index (χ0v) is 11.1. The largest absolute Gasteiger partial charge is 0.478 e. The molecule has 1 unspecified atom stereocenters. The monoisotopic (exact) mass is 258 g/mol. The number of nitrogens with zero attached hydrogens (tertiary/aromatic N) is 1. The van der Waals surface area contributed by atoms with Gasteiger partial charge in [0.1, 0.15) is 5.65 Å². The third-order valence-electron chi connectivity index (χ3n) is 3.68. The van der Waals surface area contributed by atoms with Gasteiger partial charge in [-0.3, -0.25) is 0 Å². The Morgan fingerprint density at radius 2 is 2.32 bits per heavy atom. The molecule has 1 saturated heterocycles. The van der Waals surface area contributed by atoms with E-state index < -0.39 is 0 Å². The smallest absolute Gasteiger partial charge is 0.215 e. The van der Waals surface area contributed by atoms with Crippen molar-refractivity contribution in [2.75, 3.05) is 13.2 Å². The van der Waals surface area contributed by atoms with Crippen LogP contribution in [0.2, 0.25) is 0 Å². The Morgan fingerprint density at radius 1 is 1.32 bits per heavy atom. The Morgan fingerprint density at radius 3 is 3.32 bits per heavy atom. The highest BCUT2D eigenvalue weighted by atomic mass is 16.5. The Bertz CT molecular complexity index is 515. The first kappa shape index (κ1) is 12.5. The van der Waals surface area contributed by atoms with Crippen LogP contribution in [0.25, 0.3) is 11.0 Å². The second-order valence-corrected chi connectivity index (χ2v) is 5.12. The average molecular weight is 258 g/mol. The average Bonchev–Trinajstić information content (AvgIpc) is 2.74. The van der Waals surface area contributed by atoms with E-state index in [9.17, 15) is 0 Å². The summed E-state index contributed by atoms with van der Waals surface area (Å²) in [5.74, 6) is 0.692. The van der Waals surface area contributed by atoms with Crippen LogP contribution in [0.4, 0.5) is 0 Å². The van der Waals surface area contributed by atoms with Gasteiger partial charge in [-0.25, -0.2) is 0 Å². The highest BCUT2D eigenvalue weighted by Gasteiger charge is 2.11. The Labute approximate surface area is 113 Å². The van der Waals surface area contributed by atoms with Crippen molar-refractivity contribution in [1.82, 2.24) is 15.3 Å². The zero-order valence-electron chi connectivity index (χ0n) is 11.1. The fraction of sp³-hybridized carbons (Fsp3) is 0.533. The van der Waals surface area contributed by atoms with Crippen molar-refractivity contribution in [3.63, 3.8) is 0 Å². The molecule has 2 N–H and O–H groups in total. The predicted molar refractivity (Wildman–Crippen MR) is 75.3 cm³/mol. The van der Waals surface area contributed by atoms with Gasteiger partial charge in [0.2, 0.25) is 5.88 Å². The van der Waals surface area contributed by atoms with Crippen molar-refractivity contribution in [2.45, 2.75) is 38.1 Å². The first-order valence-electron chi connectivity index (χ1n) is 7.14. The maximum absolute atomic E-state index is 5.74. The van der Waals surface area contributed by atoms with Gasteiger partial charge in [-0.05, 0) is 31.9 Å². The van der Waals surface area contributed by atoms with E-state index in [0.717, 1.165) is 30.6 Å². The minimum atomic E-state index is 0.602. The number of fused-ring (bicyclic) bond motifs is 1. The molecule has 0 amide bonds. The summed E-state index contributed by atoms with van der Waals surface area (Å²) in [4.78, 5) is 7.46. The first-order chi connectivity index (χ1) is 9.42. The van der Waals surface area contributed by atoms with Crippen molar-refractivity contribution in [3.8, 4) is 5.88 Å². The fourth-order valence-corrected chi connectivity index (χ4v) is 2.58. The van der Waals surface area contributed by atoms with E-state index in [4.69, 9.17) is 4.74 Å². The molecule has 4 nitrogen and oxygen atoms in total. The maximum Gasteiger partial charge on any atom is 0.215 e. The van der Waals surface area contributed by atoms with E-state index in [0.29, 0.717) is 11.9 Å². The van der Waals surface area contributed by atoms with E-state index in [1.807, 2.05) is 12.1 Å². The lowest BCUT2D eigenvalue weighted by Crippen LogP contribution is -2.29. The Balaban J connectivity index is 1.50. The third-order valence-corrected chi connectivity index (χ3v) is 3.68. The van der Waals surface area contributed by atoms with E-state index in [-0.39, 0.29) is 0 Å². The summed E-state index contributed by atoms with van der Waals surface area (Å²) in [6, 6.07) is 7.57. The molecule has 1 atom stereocenters. The van der Waals surface area contributed by atoms with Gasteiger partial charge in [0.15, 0.2) is 0 Å². The van der Waals surface area contributed by atoms with Crippen LogP contribution in [0.1, 0.15) is 32.1 Å². The molecule has 1 aliphatic heterocycles. The van der Waals surface area contributed by atoms with Gasteiger partial charge in [0.25, 0.3) is 0 Å². The molecule has 19 heavy (non-hydrogen) atoms. The van der Waals surface area contributed by atoms with Crippen LogP contribution in [0.3, 0.4) is 0 Å². The highest BCUT2D eigenvalue weighted by molar-refractivity contribution is 5.74. The van der Waals surface area contributed by atoms with Crippen LogP contribution in [-0.4, -0.2) is 29.2 Å². The van der Waals surface area contributed by atoms with Gasteiger partial charge < -0.3 is 15.0 Å². The van der Waals surface area contributed by atoms with Crippen molar-refractivity contribution in [3.05, 3.63) is 24.4 Å². The Hall–Kier alpha value is -1.55. The lowest BCUT2D eigenvalue weighted by atomic mass is 10.1. The molecule has 0 bridgehead atoms. The number of nitrogens with one attached hydrogen (secondary N) is 2. The molecule has 101 valence electrons. The number of hydrogen-bond acceptors (Lipinski definition) is 3. The van der Waals surface area contributed by atoms with E-state index in [1.165, 1.54) is 25.7 Å². The number of hydrogen-bond donors (Lipinski definition) is 2. The summed E-state index contributed by atoms with van der Waals surface area (Å²) >= 11 is 0. The summed E-state index contributed by atoms with van der Waals surface area (Å²) in [5, 5.41) is 4.58. The maximum atomic E-state index is 5.74. The molecule has 0 spiro atoms. The SMILES string of the molecule is [c]1c[nH]c2nc(OCCC3CCCCCN3)ccc12. The quantitative estimate of drug-likeness (QED) is 0.886. The number of pyridine rings is 1. The third kappa shape index (κ3) is 3.26. The summed E-state index contributed by atoms with van der Waals surface area (Å²) in [6.07, 6.45) is 8.08. The molecule has 4 heteroatoms. The van der Waals surface area contributed by atoms with Gasteiger partial charge in [-0.1, -0.05) is 12.8 Å². The van der Waals surface area contributed by atoms with E-state index >= 15 is 0 Å².